The van der Waals surface area contributed by atoms with Crippen molar-refractivity contribution < 1.29 is 9.21 Å². The molecule has 1 saturated heterocycles. The van der Waals surface area contributed by atoms with Gasteiger partial charge in [0.05, 0.1) is 6.26 Å². The zero-order valence-electron chi connectivity index (χ0n) is 18.5. The number of nitrogens with one attached hydrogen (secondary N) is 1. The first-order chi connectivity index (χ1) is 15.7. The van der Waals surface area contributed by atoms with Crippen LogP contribution < -0.4 is 5.32 Å². The van der Waals surface area contributed by atoms with Gasteiger partial charge in [-0.05, 0) is 24.6 Å². The predicted molar refractivity (Wildman–Crippen MR) is 124 cm³/mol. The number of piperazine rings is 1. The number of furan rings is 1. The van der Waals surface area contributed by atoms with Crippen LogP contribution in [0.25, 0.3) is 0 Å². The quantitative estimate of drug-likeness (QED) is 0.457. The van der Waals surface area contributed by atoms with Crippen molar-refractivity contribution in [3.8, 4) is 0 Å². The van der Waals surface area contributed by atoms with Gasteiger partial charge in [-0.15, -0.1) is 0 Å². The summed E-state index contributed by atoms with van der Waals surface area (Å²) >= 11 is 0. The van der Waals surface area contributed by atoms with E-state index in [0.29, 0.717) is 25.4 Å². The molecule has 32 heavy (non-hydrogen) atoms. The molecule has 4 rings (SSSR count). The van der Waals surface area contributed by atoms with Crippen LogP contribution in [0.3, 0.4) is 0 Å². The first-order valence-electron chi connectivity index (χ1n) is 11.1. The number of aliphatic imine (C=N–C) groups is 1. The molecule has 8 nitrogen and oxygen atoms in total. The lowest BCUT2D eigenvalue weighted by Crippen LogP contribution is -2.53. The van der Waals surface area contributed by atoms with Crippen molar-refractivity contribution in [1.82, 2.24) is 24.7 Å². The average Bonchev–Trinajstić information content (AvgIpc) is 3.52. The van der Waals surface area contributed by atoms with E-state index in [1.807, 2.05) is 23.4 Å². The van der Waals surface area contributed by atoms with Crippen LogP contribution in [-0.2, 0) is 13.0 Å². The van der Waals surface area contributed by atoms with Gasteiger partial charge in [0.1, 0.15) is 5.82 Å². The molecule has 1 aliphatic heterocycles. The fourth-order valence-corrected chi connectivity index (χ4v) is 3.86. The first kappa shape index (κ1) is 21.7. The maximum Gasteiger partial charge on any atom is 0.289 e. The number of imidazole rings is 1. The van der Waals surface area contributed by atoms with Gasteiger partial charge < -0.3 is 24.1 Å². The second-order valence-corrected chi connectivity index (χ2v) is 7.70. The normalized spacial score (nSPS) is 14.6. The molecule has 0 saturated carbocycles. The van der Waals surface area contributed by atoms with Crippen molar-refractivity contribution >= 4 is 11.9 Å². The van der Waals surface area contributed by atoms with E-state index in [4.69, 9.17) is 9.41 Å². The van der Waals surface area contributed by atoms with Crippen LogP contribution in [0.5, 0.6) is 0 Å². The summed E-state index contributed by atoms with van der Waals surface area (Å²) in [5.74, 6) is 2.26. The zero-order chi connectivity index (χ0) is 22.2. The number of hydrogen-bond acceptors (Lipinski definition) is 4. The Morgan fingerprint density at radius 2 is 1.88 bits per heavy atom. The Labute approximate surface area is 188 Å². The zero-order valence-corrected chi connectivity index (χ0v) is 18.5. The van der Waals surface area contributed by atoms with E-state index in [9.17, 15) is 4.79 Å². The van der Waals surface area contributed by atoms with Gasteiger partial charge in [0.15, 0.2) is 11.7 Å². The Balaban J connectivity index is 1.32. The third-order valence-corrected chi connectivity index (χ3v) is 5.53. The summed E-state index contributed by atoms with van der Waals surface area (Å²) in [7, 11) is 0. The van der Waals surface area contributed by atoms with Crippen LogP contribution in [0.4, 0.5) is 0 Å². The predicted octanol–water partition coefficient (Wildman–Crippen LogP) is 2.49. The van der Waals surface area contributed by atoms with Crippen molar-refractivity contribution in [2.45, 2.75) is 19.9 Å². The van der Waals surface area contributed by atoms with Crippen LogP contribution >= 0.6 is 0 Å². The third-order valence-electron chi connectivity index (χ3n) is 5.53. The van der Waals surface area contributed by atoms with Gasteiger partial charge in [0, 0.05) is 64.6 Å². The molecule has 1 aliphatic rings. The van der Waals surface area contributed by atoms with Crippen molar-refractivity contribution in [3.05, 3.63) is 78.3 Å². The summed E-state index contributed by atoms with van der Waals surface area (Å²) in [6, 6.07) is 13.8. The van der Waals surface area contributed by atoms with E-state index < -0.39 is 0 Å². The molecular weight excluding hydrogens is 404 g/mol. The fourth-order valence-electron chi connectivity index (χ4n) is 3.86. The summed E-state index contributed by atoms with van der Waals surface area (Å²) < 4.78 is 7.43. The largest absolute Gasteiger partial charge is 0.459 e. The number of hydrogen-bond donors (Lipinski definition) is 1. The summed E-state index contributed by atoms with van der Waals surface area (Å²) in [5.41, 5.74) is 1.26. The van der Waals surface area contributed by atoms with Crippen LogP contribution in [0.2, 0.25) is 0 Å². The highest BCUT2D eigenvalue weighted by molar-refractivity contribution is 5.91. The molecular formula is C24H30N6O2. The van der Waals surface area contributed by atoms with Gasteiger partial charge in [-0.25, -0.2) is 4.98 Å². The molecule has 1 fully saturated rings. The highest BCUT2D eigenvalue weighted by Gasteiger charge is 2.25. The lowest BCUT2D eigenvalue weighted by atomic mass is 10.2. The topological polar surface area (TPSA) is 78.9 Å². The van der Waals surface area contributed by atoms with Crippen LogP contribution in [-0.4, -0.2) is 70.5 Å². The van der Waals surface area contributed by atoms with Crippen molar-refractivity contribution in [1.29, 1.82) is 0 Å². The van der Waals surface area contributed by atoms with E-state index in [-0.39, 0.29) is 5.91 Å². The SMILES string of the molecule is CCNC(=NCCc1nccn1Cc1ccccc1)N1CCN(C(=O)c2ccco2)CC1. The molecule has 3 aromatic rings. The van der Waals surface area contributed by atoms with Crippen molar-refractivity contribution in [2.75, 3.05) is 39.3 Å². The van der Waals surface area contributed by atoms with E-state index >= 15 is 0 Å². The lowest BCUT2D eigenvalue weighted by molar-refractivity contribution is 0.0657. The van der Waals surface area contributed by atoms with E-state index in [0.717, 1.165) is 44.4 Å². The van der Waals surface area contributed by atoms with E-state index in [2.05, 4.69) is 51.0 Å². The Hall–Kier alpha value is -3.55. The number of carbonyl (C=O) groups excluding carboxylic acids is 1. The monoisotopic (exact) mass is 434 g/mol. The van der Waals surface area contributed by atoms with Gasteiger partial charge in [-0.3, -0.25) is 9.79 Å². The number of amides is 1. The highest BCUT2D eigenvalue weighted by Crippen LogP contribution is 2.10. The van der Waals surface area contributed by atoms with Gasteiger partial charge in [-0.1, -0.05) is 30.3 Å². The van der Waals surface area contributed by atoms with Gasteiger partial charge >= 0.3 is 0 Å². The van der Waals surface area contributed by atoms with Gasteiger partial charge in [0.25, 0.3) is 5.91 Å². The van der Waals surface area contributed by atoms with Crippen LogP contribution in [0, 0.1) is 0 Å². The molecule has 0 aliphatic carbocycles. The second-order valence-electron chi connectivity index (χ2n) is 7.70. The van der Waals surface area contributed by atoms with Gasteiger partial charge in [-0.2, -0.15) is 0 Å². The number of nitrogens with zero attached hydrogens (tertiary/aromatic N) is 5. The van der Waals surface area contributed by atoms with Gasteiger partial charge in [0.2, 0.25) is 0 Å². The molecule has 0 radical (unpaired) electrons. The molecule has 0 spiro atoms. The number of guanidine groups is 1. The van der Waals surface area contributed by atoms with Crippen molar-refractivity contribution in [3.63, 3.8) is 0 Å². The number of carbonyl (C=O) groups is 1. The Morgan fingerprint density at radius 1 is 1.09 bits per heavy atom. The number of rotatable bonds is 7. The van der Waals surface area contributed by atoms with Crippen molar-refractivity contribution in [2.24, 2.45) is 4.99 Å². The van der Waals surface area contributed by atoms with E-state index in [1.165, 1.54) is 11.8 Å². The molecule has 2 aromatic heterocycles. The van der Waals surface area contributed by atoms with Crippen LogP contribution in [0.1, 0.15) is 28.9 Å². The minimum atomic E-state index is -0.0539. The Morgan fingerprint density at radius 3 is 2.59 bits per heavy atom. The number of benzene rings is 1. The minimum absolute atomic E-state index is 0.0539. The molecule has 3 heterocycles. The highest BCUT2D eigenvalue weighted by atomic mass is 16.3. The molecule has 8 heteroatoms. The molecule has 0 bridgehead atoms. The summed E-state index contributed by atoms with van der Waals surface area (Å²) in [6.07, 6.45) is 6.17. The smallest absolute Gasteiger partial charge is 0.289 e. The summed E-state index contributed by atoms with van der Waals surface area (Å²) in [5, 5.41) is 3.39. The minimum Gasteiger partial charge on any atom is -0.459 e. The van der Waals surface area contributed by atoms with Crippen LogP contribution in [0.15, 0.2) is 70.5 Å². The molecule has 1 aromatic carbocycles. The molecule has 0 atom stereocenters. The average molecular weight is 435 g/mol. The Bertz CT molecular complexity index is 1000. The lowest BCUT2D eigenvalue weighted by Gasteiger charge is -2.36. The van der Waals surface area contributed by atoms with E-state index in [1.54, 1.807) is 12.1 Å². The fraction of sp³-hybridized carbons (Fsp3) is 0.375. The Kier molecular flexibility index (Phi) is 7.22. The maximum atomic E-state index is 12.5. The standard InChI is InChI=1S/C24H30N6O2/c1-2-25-24(29-16-14-28(15-17-29)23(31)21-9-6-18-32-21)27-11-10-22-26-12-13-30(22)19-20-7-4-3-5-8-20/h3-9,12-13,18H,2,10-11,14-17,19H2,1H3,(H,25,27). The summed E-state index contributed by atoms with van der Waals surface area (Å²) in [6.45, 7) is 7.09. The molecule has 1 N–H and O–H groups in total. The second kappa shape index (κ2) is 10.7. The molecule has 0 unspecified atom stereocenters. The summed E-state index contributed by atoms with van der Waals surface area (Å²) in [4.78, 5) is 25.9. The maximum absolute atomic E-state index is 12.5. The third kappa shape index (κ3) is 5.38. The first-order valence-corrected chi connectivity index (χ1v) is 11.1. The molecule has 168 valence electrons. The number of aromatic nitrogens is 2. The molecule has 1 amide bonds.